The Morgan fingerprint density at radius 2 is 1.88 bits per heavy atom. The summed E-state index contributed by atoms with van der Waals surface area (Å²) in [5.41, 5.74) is 3.05. The van der Waals surface area contributed by atoms with Gasteiger partial charge in [0.2, 0.25) is 0 Å². The fourth-order valence-electron chi connectivity index (χ4n) is 2.94. The van der Waals surface area contributed by atoms with Crippen LogP contribution in [0.2, 0.25) is 5.02 Å². The Labute approximate surface area is 151 Å². The van der Waals surface area contributed by atoms with Gasteiger partial charge in [-0.3, -0.25) is 0 Å². The van der Waals surface area contributed by atoms with Crippen LogP contribution in [0.4, 0.5) is 0 Å². The molecule has 3 N–H and O–H groups in total. The largest absolute Gasteiger partial charge is 0.508 e. The van der Waals surface area contributed by atoms with Crippen molar-refractivity contribution in [1.82, 2.24) is 0 Å². The number of fused-ring (bicyclic) bond motifs is 1. The van der Waals surface area contributed by atoms with Crippen molar-refractivity contribution < 1.29 is 14.8 Å². The Bertz CT molecular complexity index is 932. The van der Waals surface area contributed by atoms with Crippen LogP contribution in [-0.4, -0.2) is 11.7 Å². The molecule has 0 bridgehead atoms. The zero-order chi connectivity index (χ0) is 17.8. The van der Waals surface area contributed by atoms with Gasteiger partial charge in [0.15, 0.2) is 0 Å². The van der Waals surface area contributed by atoms with Gasteiger partial charge in [0.05, 0.1) is 6.54 Å². The maximum absolute atomic E-state index is 11.8. The maximum atomic E-state index is 11.8. The number of nitrogens with two attached hydrogens (primary N) is 1. The normalized spacial score (nSPS) is 11.1. The van der Waals surface area contributed by atoms with E-state index in [0.717, 1.165) is 40.9 Å². The molecule has 5 heteroatoms. The van der Waals surface area contributed by atoms with Gasteiger partial charge >= 0.3 is 5.63 Å². The molecular weight excluding hydrogens is 338 g/mol. The average molecular weight is 359 g/mol. The van der Waals surface area contributed by atoms with Gasteiger partial charge in [-0.2, -0.15) is 0 Å². The molecule has 3 rings (SSSR count). The maximum Gasteiger partial charge on any atom is 0.336 e. The van der Waals surface area contributed by atoms with Crippen LogP contribution in [-0.2, 0) is 19.4 Å². The van der Waals surface area contributed by atoms with Gasteiger partial charge in [-0.25, -0.2) is 4.79 Å². The van der Waals surface area contributed by atoms with E-state index in [-0.39, 0.29) is 5.75 Å². The average Bonchev–Trinajstić information content (AvgIpc) is 2.59. The van der Waals surface area contributed by atoms with Gasteiger partial charge < -0.3 is 14.8 Å². The van der Waals surface area contributed by atoms with Crippen molar-refractivity contribution in [3.8, 4) is 5.75 Å². The minimum atomic E-state index is -0.391. The molecule has 0 unspecified atom stereocenters. The third-order valence-corrected chi connectivity index (χ3v) is 4.58. The topological polar surface area (TPSA) is 67.0 Å². The fourth-order valence-corrected chi connectivity index (χ4v) is 3.06. The number of aromatic hydroxyl groups is 1. The number of rotatable bonds is 6. The molecule has 0 saturated heterocycles. The number of benzene rings is 2. The molecule has 0 saturated carbocycles. The highest BCUT2D eigenvalue weighted by atomic mass is 35.5. The fraction of sp³-hybridized carbons (Fsp3) is 0.250. The third-order valence-electron chi connectivity index (χ3n) is 4.32. The number of quaternary nitrogens is 1. The lowest BCUT2D eigenvalue weighted by atomic mass is 10.0. The van der Waals surface area contributed by atoms with Gasteiger partial charge in [-0.1, -0.05) is 30.7 Å². The van der Waals surface area contributed by atoms with Gasteiger partial charge in [-0.15, -0.1) is 0 Å². The first kappa shape index (κ1) is 17.5. The first-order chi connectivity index (χ1) is 12.1. The molecule has 0 atom stereocenters. The summed E-state index contributed by atoms with van der Waals surface area (Å²) in [5, 5.41) is 13.8. The number of phenols is 1. The first-order valence-corrected chi connectivity index (χ1v) is 8.79. The van der Waals surface area contributed by atoms with E-state index in [9.17, 15) is 9.90 Å². The van der Waals surface area contributed by atoms with Crippen LogP contribution in [0.15, 0.2) is 51.7 Å². The highest BCUT2D eigenvalue weighted by Gasteiger charge is 2.11. The summed E-state index contributed by atoms with van der Waals surface area (Å²) >= 11 is 5.90. The van der Waals surface area contributed by atoms with Crippen molar-refractivity contribution in [2.24, 2.45) is 0 Å². The van der Waals surface area contributed by atoms with Crippen molar-refractivity contribution >= 4 is 22.6 Å². The predicted octanol–water partition coefficient (Wildman–Crippen LogP) is 3.02. The lowest BCUT2D eigenvalue weighted by molar-refractivity contribution is -0.670. The number of hydrogen-bond donors (Lipinski definition) is 2. The molecule has 25 heavy (non-hydrogen) atoms. The summed E-state index contributed by atoms with van der Waals surface area (Å²) in [6, 6.07) is 12.8. The summed E-state index contributed by atoms with van der Waals surface area (Å²) in [4.78, 5) is 11.8. The Morgan fingerprint density at radius 1 is 1.12 bits per heavy atom. The van der Waals surface area contributed by atoms with E-state index in [4.69, 9.17) is 16.0 Å². The summed E-state index contributed by atoms with van der Waals surface area (Å²) in [7, 11) is 0. The van der Waals surface area contributed by atoms with E-state index in [1.165, 1.54) is 17.7 Å². The van der Waals surface area contributed by atoms with E-state index < -0.39 is 5.63 Å². The van der Waals surface area contributed by atoms with Gasteiger partial charge in [0.25, 0.3) is 0 Å². The Kier molecular flexibility index (Phi) is 5.41. The van der Waals surface area contributed by atoms with Crippen molar-refractivity contribution in [3.63, 3.8) is 0 Å². The number of halogens is 1. The monoisotopic (exact) mass is 358 g/mol. The standard InChI is InChI=1S/C20H20ClNO3/c1-2-14-9-17-15(10-20(24)25-19(17)11-18(14)23)12-22-8-7-13-3-5-16(21)6-4-13/h3-6,9-11,22-23H,2,7-8,12H2,1H3/p+1. The molecular formula is C20H21ClNO3+. The molecule has 1 heterocycles. The minimum Gasteiger partial charge on any atom is -0.508 e. The lowest BCUT2D eigenvalue weighted by Crippen LogP contribution is -2.83. The number of aryl methyl sites for hydroxylation is 1. The molecule has 3 aromatic rings. The Hall–Kier alpha value is -2.30. The van der Waals surface area contributed by atoms with Crippen LogP contribution in [0.25, 0.3) is 11.0 Å². The predicted molar refractivity (Wildman–Crippen MR) is 99.2 cm³/mol. The number of hydrogen-bond acceptors (Lipinski definition) is 3. The summed E-state index contributed by atoms with van der Waals surface area (Å²) in [5.74, 6) is 0.169. The SMILES string of the molecule is CCc1cc2c(C[NH2+]CCc3ccc(Cl)cc3)cc(=O)oc2cc1O. The Morgan fingerprint density at radius 3 is 2.60 bits per heavy atom. The highest BCUT2D eigenvalue weighted by molar-refractivity contribution is 6.30. The number of phenolic OH excluding ortho intramolecular Hbond substituents is 1. The van der Waals surface area contributed by atoms with E-state index in [0.29, 0.717) is 12.1 Å². The summed E-state index contributed by atoms with van der Waals surface area (Å²) in [6.45, 7) is 3.57. The van der Waals surface area contributed by atoms with E-state index in [1.807, 2.05) is 37.3 Å². The minimum absolute atomic E-state index is 0.169. The smallest absolute Gasteiger partial charge is 0.336 e. The second kappa shape index (κ2) is 7.72. The second-order valence-electron chi connectivity index (χ2n) is 6.08. The lowest BCUT2D eigenvalue weighted by Gasteiger charge is -2.08. The van der Waals surface area contributed by atoms with E-state index in [1.54, 1.807) is 0 Å². The molecule has 0 aliphatic heterocycles. The molecule has 130 valence electrons. The molecule has 0 aliphatic rings. The third kappa shape index (κ3) is 4.21. The summed E-state index contributed by atoms with van der Waals surface area (Å²) < 4.78 is 5.23. The molecule has 0 aliphatic carbocycles. The molecule has 0 amide bonds. The van der Waals surface area contributed by atoms with Crippen molar-refractivity contribution in [3.05, 3.63) is 74.6 Å². The van der Waals surface area contributed by atoms with Crippen LogP contribution >= 0.6 is 11.6 Å². The first-order valence-electron chi connectivity index (χ1n) is 8.41. The van der Waals surface area contributed by atoms with E-state index in [2.05, 4.69) is 5.32 Å². The van der Waals surface area contributed by atoms with Crippen LogP contribution in [0.3, 0.4) is 0 Å². The molecule has 0 spiro atoms. The van der Waals surface area contributed by atoms with Crippen molar-refractivity contribution in [2.45, 2.75) is 26.3 Å². The van der Waals surface area contributed by atoms with Crippen molar-refractivity contribution in [2.75, 3.05) is 6.54 Å². The van der Waals surface area contributed by atoms with Crippen molar-refractivity contribution in [1.29, 1.82) is 0 Å². The van der Waals surface area contributed by atoms with Crippen LogP contribution < -0.4 is 10.9 Å². The van der Waals surface area contributed by atoms with Gasteiger partial charge in [-0.05, 0) is 35.7 Å². The zero-order valence-electron chi connectivity index (χ0n) is 14.1. The van der Waals surface area contributed by atoms with Crippen LogP contribution in [0.1, 0.15) is 23.6 Å². The van der Waals surface area contributed by atoms with Gasteiger partial charge in [0, 0.05) is 34.5 Å². The van der Waals surface area contributed by atoms with E-state index >= 15 is 0 Å². The highest BCUT2D eigenvalue weighted by Crippen LogP contribution is 2.26. The molecule has 0 radical (unpaired) electrons. The molecule has 2 aromatic carbocycles. The molecule has 4 nitrogen and oxygen atoms in total. The van der Waals surface area contributed by atoms with Crippen LogP contribution in [0.5, 0.6) is 5.75 Å². The van der Waals surface area contributed by atoms with Crippen LogP contribution in [0, 0.1) is 0 Å². The van der Waals surface area contributed by atoms with Gasteiger partial charge in [0.1, 0.15) is 17.9 Å². The second-order valence-corrected chi connectivity index (χ2v) is 6.52. The summed E-state index contributed by atoms with van der Waals surface area (Å²) in [6.07, 6.45) is 1.65. The zero-order valence-corrected chi connectivity index (χ0v) is 14.8. The molecule has 1 aromatic heterocycles. The Balaban J connectivity index is 1.74. The molecule has 0 fully saturated rings. The quantitative estimate of drug-likeness (QED) is 0.525.